The first kappa shape index (κ1) is 32.6. The third-order valence-corrected chi connectivity index (χ3v) is 9.14. The normalized spacial score (nSPS) is 11.9. The number of rotatable bonds is 5. The number of nitro groups is 1. The molecule has 251 valence electrons. The van der Waals surface area contributed by atoms with Crippen molar-refractivity contribution in [2.75, 3.05) is 0 Å². The average Bonchev–Trinajstić information content (AvgIpc) is 4.00. The summed E-state index contributed by atoms with van der Waals surface area (Å²) in [6.07, 6.45) is 5.62. The maximum absolute atomic E-state index is 12.9. The number of aromatic nitrogens is 4. The van der Waals surface area contributed by atoms with E-state index in [1.807, 2.05) is 146 Å². The van der Waals surface area contributed by atoms with Gasteiger partial charge in [0.2, 0.25) is 0 Å². The Morgan fingerprint density at radius 3 is 1.17 bits per heavy atom. The van der Waals surface area contributed by atoms with Gasteiger partial charge in [-0.2, -0.15) is 0 Å². The van der Waals surface area contributed by atoms with E-state index in [9.17, 15) is 10.1 Å². The van der Waals surface area contributed by atoms with Crippen LogP contribution in [-0.4, -0.2) is 14.9 Å². The summed E-state index contributed by atoms with van der Waals surface area (Å²) < 4.78 is 0. The maximum atomic E-state index is 12.9. The molecule has 0 saturated heterocycles. The molecule has 8 bridgehead atoms. The standard InChI is InChI=1S/C44H27N5O2.Cu/c50-49(51)39-27-38-42(30-17-9-3-10-18-30)36-24-23-34(46-36)40(28-13-5-1-6-14-28)32-21-22-33(45-32)41(29-15-7-2-8-16-29)35-25-26-37(47-35)43(44(39)48-38)31-19-11-4-12-20-31;/h1-27H;/q-2;+2. The molecule has 0 unspecified atom stereocenters. The Hall–Kier alpha value is -6.60. The number of benzene rings is 4. The van der Waals surface area contributed by atoms with Crippen LogP contribution in [0.25, 0.3) is 90.5 Å². The molecule has 0 amide bonds. The number of hydrogen-bond donors (Lipinski definition) is 0. The third-order valence-electron chi connectivity index (χ3n) is 9.14. The van der Waals surface area contributed by atoms with Gasteiger partial charge in [-0.05, 0) is 56.7 Å². The molecule has 0 N–H and O–H groups in total. The summed E-state index contributed by atoms with van der Waals surface area (Å²) in [5.41, 5.74) is 11.3. The van der Waals surface area contributed by atoms with Crippen molar-refractivity contribution in [2.24, 2.45) is 0 Å². The molecule has 4 aromatic carbocycles. The zero-order valence-electron chi connectivity index (χ0n) is 27.4. The van der Waals surface area contributed by atoms with Crippen molar-refractivity contribution in [1.82, 2.24) is 19.9 Å². The second-order valence-corrected chi connectivity index (χ2v) is 12.2. The van der Waals surface area contributed by atoms with Crippen molar-refractivity contribution in [3.63, 3.8) is 0 Å². The van der Waals surface area contributed by atoms with Crippen LogP contribution in [0, 0.1) is 10.1 Å². The number of nitrogens with zero attached hydrogens (tertiary/aromatic N) is 5. The maximum Gasteiger partial charge on any atom is 2.00 e. The van der Waals surface area contributed by atoms with E-state index in [2.05, 4.69) is 12.1 Å². The Labute approximate surface area is 309 Å². The second-order valence-electron chi connectivity index (χ2n) is 12.2. The Balaban J connectivity index is 0.00000387. The quantitative estimate of drug-likeness (QED) is 0.0997. The van der Waals surface area contributed by atoms with Crippen LogP contribution in [0.5, 0.6) is 0 Å². The fourth-order valence-corrected chi connectivity index (χ4v) is 6.89. The molecule has 3 aromatic heterocycles. The van der Waals surface area contributed by atoms with Crippen LogP contribution in [0.2, 0.25) is 0 Å². The van der Waals surface area contributed by atoms with Crippen molar-refractivity contribution in [3.8, 4) is 44.5 Å². The molecular formula is C44H27CuN5O2. The molecule has 2 aliphatic heterocycles. The van der Waals surface area contributed by atoms with Gasteiger partial charge in [0.05, 0.1) is 22.0 Å². The Bertz CT molecular complexity index is 2700. The molecular weight excluding hydrogens is 694 g/mol. The molecule has 8 heteroatoms. The van der Waals surface area contributed by atoms with E-state index in [-0.39, 0.29) is 33.4 Å². The number of hydrogen-bond acceptors (Lipinski definition) is 4. The van der Waals surface area contributed by atoms with E-state index in [1.54, 1.807) is 6.08 Å². The molecule has 0 aliphatic carbocycles. The molecule has 2 aliphatic rings. The molecule has 5 heterocycles. The summed E-state index contributed by atoms with van der Waals surface area (Å²) in [7, 11) is 0. The van der Waals surface area contributed by atoms with Crippen LogP contribution in [0.4, 0.5) is 0 Å². The fourth-order valence-electron chi connectivity index (χ4n) is 6.89. The van der Waals surface area contributed by atoms with Crippen molar-refractivity contribution >= 4 is 46.0 Å². The van der Waals surface area contributed by atoms with Crippen molar-refractivity contribution in [1.29, 1.82) is 0 Å². The van der Waals surface area contributed by atoms with Crippen molar-refractivity contribution in [3.05, 3.63) is 178 Å². The van der Waals surface area contributed by atoms with E-state index in [1.165, 1.54) is 0 Å². The zero-order chi connectivity index (χ0) is 34.3. The van der Waals surface area contributed by atoms with Crippen LogP contribution < -0.4 is 9.97 Å². The van der Waals surface area contributed by atoms with Gasteiger partial charge in [0.15, 0.2) is 0 Å². The van der Waals surface area contributed by atoms with E-state index in [0.29, 0.717) is 33.4 Å². The van der Waals surface area contributed by atoms with E-state index < -0.39 is 0 Å². The van der Waals surface area contributed by atoms with Crippen LogP contribution in [0.15, 0.2) is 146 Å². The first-order valence-corrected chi connectivity index (χ1v) is 16.6. The van der Waals surface area contributed by atoms with Gasteiger partial charge in [-0.3, -0.25) is 10.1 Å². The van der Waals surface area contributed by atoms with E-state index >= 15 is 0 Å². The smallest absolute Gasteiger partial charge is 0.657 e. The molecule has 0 saturated carbocycles. The third kappa shape index (κ3) is 5.76. The first-order chi connectivity index (χ1) is 25.1. The summed E-state index contributed by atoms with van der Waals surface area (Å²) in [6, 6.07) is 47.3. The second kappa shape index (κ2) is 13.6. The summed E-state index contributed by atoms with van der Waals surface area (Å²) in [5, 5.41) is 12.9. The van der Waals surface area contributed by atoms with Crippen LogP contribution in [0.1, 0.15) is 22.8 Å². The summed E-state index contributed by atoms with van der Waals surface area (Å²) in [4.78, 5) is 33.2. The summed E-state index contributed by atoms with van der Waals surface area (Å²) in [5.74, 6) is 0. The van der Waals surface area contributed by atoms with Crippen molar-refractivity contribution < 1.29 is 22.0 Å². The first-order valence-electron chi connectivity index (χ1n) is 16.6. The minimum absolute atomic E-state index is 0. The van der Waals surface area contributed by atoms with Gasteiger partial charge in [-0.25, -0.2) is 9.97 Å². The summed E-state index contributed by atoms with van der Waals surface area (Å²) in [6.45, 7) is 0. The van der Waals surface area contributed by atoms with Crippen LogP contribution >= 0.6 is 0 Å². The molecule has 9 rings (SSSR count). The minimum atomic E-state index is -0.364. The van der Waals surface area contributed by atoms with Gasteiger partial charge >= 0.3 is 17.1 Å². The molecule has 0 fully saturated rings. The van der Waals surface area contributed by atoms with E-state index in [0.717, 1.165) is 50.3 Å². The average molecular weight is 721 g/mol. The van der Waals surface area contributed by atoms with Gasteiger partial charge in [-0.1, -0.05) is 146 Å². The number of fused-ring (bicyclic) bond motifs is 8. The largest absolute Gasteiger partial charge is 2.00 e. The minimum Gasteiger partial charge on any atom is -0.657 e. The van der Waals surface area contributed by atoms with E-state index in [4.69, 9.17) is 19.9 Å². The Kier molecular flexibility index (Phi) is 8.53. The topological polar surface area (TPSA) is 97.1 Å². The SMILES string of the molecule is O=[N+]([O-])C1=Cc2nc1c(-c1ccccc1)c1ccc([n-]1)c(-c1ccccc1)c1nc(c(-c3ccccc3)c3ccc([n-]3)c2-c2ccccc2)C=C1.[Cu+2]. The molecule has 0 spiro atoms. The predicted octanol–water partition coefficient (Wildman–Crippen LogP) is 10.2. The molecule has 1 radical (unpaired) electrons. The van der Waals surface area contributed by atoms with Crippen LogP contribution in [0.3, 0.4) is 0 Å². The zero-order valence-corrected chi connectivity index (χ0v) is 28.4. The molecule has 7 nitrogen and oxygen atoms in total. The molecule has 7 aromatic rings. The monoisotopic (exact) mass is 720 g/mol. The van der Waals surface area contributed by atoms with Gasteiger partial charge in [0.1, 0.15) is 5.69 Å². The predicted molar refractivity (Wildman–Crippen MR) is 204 cm³/mol. The fraction of sp³-hybridized carbons (Fsp3) is 0. The van der Waals surface area contributed by atoms with Crippen molar-refractivity contribution in [2.45, 2.75) is 0 Å². The van der Waals surface area contributed by atoms with Gasteiger partial charge in [0, 0.05) is 6.08 Å². The van der Waals surface area contributed by atoms with Gasteiger partial charge < -0.3 is 9.97 Å². The Morgan fingerprint density at radius 1 is 0.442 bits per heavy atom. The van der Waals surface area contributed by atoms with Gasteiger partial charge in [0.25, 0.3) is 5.70 Å². The molecule has 52 heavy (non-hydrogen) atoms. The Morgan fingerprint density at radius 2 is 0.788 bits per heavy atom. The summed E-state index contributed by atoms with van der Waals surface area (Å²) >= 11 is 0. The van der Waals surface area contributed by atoms with Gasteiger partial charge in [-0.15, -0.1) is 22.1 Å². The van der Waals surface area contributed by atoms with Crippen LogP contribution in [-0.2, 0) is 17.1 Å². The molecule has 0 atom stereocenters.